The van der Waals surface area contributed by atoms with Crippen LogP contribution < -0.4 is 77.7 Å². The second-order valence-corrected chi connectivity index (χ2v) is 32.6. The van der Waals surface area contributed by atoms with Crippen molar-refractivity contribution in [3.05, 3.63) is 155 Å². The monoisotopic (exact) mass is 1160 g/mol. The van der Waals surface area contributed by atoms with Crippen molar-refractivity contribution in [1.82, 2.24) is 0 Å². The van der Waals surface area contributed by atoms with Crippen molar-refractivity contribution in [3.63, 3.8) is 0 Å². The minimum Gasteiger partial charge on any atom is -0.458 e. The maximum Gasteiger partial charge on any atom is 0.260 e. The number of anilines is 3. The molecule has 89 heavy (non-hydrogen) atoms. The standard InChI is InChI=1S/C80H72B3NO5/c1-42-8-7-9-43(2)77(42)84-62-31-66-59(29-58(62)81-56-10-3-5-12-64(56)85-69-24-53(23-63(84)74(69)81)78-33-44-14-45(34-78)16-46(15-44)35-78)83-61-30-60-67(32-68(61)89-73-28-55(27-72(87-66)76(73)83)80-39-50-20-51(40-80)22-52(21-50)41-80)88-71-26-54(79-36-47-17-48(37-79)19-49(18-47)38-79)25-70-75(71)82(60)57-11-4-6-13-65(57)86-70/h3-13,23-32,44-52H,14-22,33-41H2,1-2H3. The number of rotatable bonds is 4. The molecule has 0 amide bonds. The van der Waals surface area contributed by atoms with E-state index in [0.29, 0.717) is 0 Å². The van der Waals surface area contributed by atoms with Crippen LogP contribution >= 0.6 is 0 Å². The van der Waals surface area contributed by atoms with Crippen molar-refractivity contribution in [1.29, 1.82) is 0 Å². The first-order chi connectivity index (χ1) is 43.6. The second-order valence-electron chi connectivity index (χ2n) is 32.6. The Morgan fingerprint density at radius 2 is 0.640 bits per heavy atom. The lowest BCUT2D eigenvalue weighted by molar-refractivity contribution is -0.00542. The molecule has 8 aromatic rings. The summed E-state index contributed by atoms with van der Waals surface area (Å²) in [7, 11) is 0. The largest absolute Gasteiger partial charge is 0.458 e. The van der Waals surface area contributed by atoms with Crippen LogP contribution in [0.1, 0.15) is 143 Å². The van der Waals surface area contributed by atoms with Crippen LogP contribution in [0.4, 0.5) is 17.1 Å². The molecule has 0 atom stereocenters. The Morgan fingerprint density at radius 3 is 1.07 bits per heavy atom. The van der Waals surface area contributed by atoms with E-state index in [9.17, 15) is 0 Å². The van der Waals surface area contributed by atoms with Gasteiger partial charge in [0.2, 0.25) is 0 Å². The molecule has 12 bridgehead atoms. The summed E-state index contributed by atoms with van der Waals surface area (Å²) in [6, 6.07) is 49.7. The van der Waals surface area contributed by atoms with E-state index in [1.807, 2.05) is 0 Å². The normalized spacial score (nSPS) is 32.2. The van der Waals surface area contributed by atoms with E-state index in [1.54, 1.807) is 0 Å². The average molecular weight is 1160 g/mol. The molecular weight excluding hydrogens is 1090 g/mol. The molecule has 12 aliphatic carbocycles. The third-order valence-corrected chi connectivity index (χ3v) is 27.4. The van der Waals surface area contributed by atoms with Gasteiger partial charge in [-0.05, 0) is 314 Å². The fourth-order valence-corrected chi connectivity index (χ4v) is 25.3. The highest BCUT2D eigenvalue weighted by Crippen LogP contribution is 2.65. The van der Waals surface area contributed by atoms with Gasteiger partial charge in [-0.15, -0.1) is 0 Å². The zero-order valence-corrected chi connectivity index (χ0v) is 51.3. The van der Waals surface area contributed by atoms with Gasteiger partial charge in [-0.2, -0.15) is 0 Å². The topological polar surface area (TPSA) is 49.4 Å². The Labute approximate surface area is 523 Å². The fourth-order valence-electron chi connectivity index (χ4n) is 25.3. The molecule has 9 heteroatoms. The SMILES string of the molecule is Cc1cccc(C)c1N1c2cc3c(cc2B2c4ccccc4Oc4cc(C56CC7CC(CC(C7)C5)C6)cc1c42)B1c2cc4c(cc2Oc2cc(C56CC7CC(CC(C7)C5)C6)cc(c21)O3)Oc1cc(C23CC5CC(CC(C5)C2)C3)cc2c1B4c1ccccc1O2. The summed E-state index contributed by atoms with van der Waals surface area (Å²) in [6.07, 6.45) is 24.3. The number of benzene rings is 8. The number of hydrogen-bond acceptors (Lipinski definition) is 6. The Kier molecular flexibility index (Phi) is 9.36. The molecule has 0 radical (unpaired) electrons. The quantitative estimate of drug-likeness (QED) is 0.164. The highest BCUT2D eigenvalue weighted by Gasteiger charge is 2.57. The van der Waals surface area contributed by atoms with Gasteiger partial charge < -0.3 is 28.6 Å². The highest BCUT2D eigenvalue weighted by atomic mass is 16.5. The molecule has 12 saturated carbocycles. The minimum atomic E-state index is -0.175. The van der Waals surface area contributed by atoms with Gasteiger partial charge in [0.15, 0.2) is 0 Å². The average Bonchev–Trinajstić information content (AvgIpc) is 0.731. The fraction of sp³-hybridized carbons (Fsp3) is 0.400. The third kappa shape index (κ3) is 6.59. The lowest BCUT2D eigenvalue weighted by atomic mass is 9.30. The van der Waals surface area contributed by atoms with Crippen LogP contribution in [0.2, 0.25) is 0 Å². The van der Waals surface area contributed by atoms with Gasteiger partial charge in [0.05, 0.1) is 5.69 Å². The smallest absolute Gasteiger partial charge is 0.260 e. The van der Waals surface area contributed by atoms with E-state index in [1.165, 1.54) is 199 Å². The maximum absolute atomic E-state index is 7.81. The summed E-state index contributed by atoms with van der Waals surface area (Å²) in [6.45, 7) is 4.32. The number of aryl methyl sites for hydroxylation is 2. The molecular formula is C80H72B3NO5. The first-order valence-electron chi connectivity index (χ1n) is 34.9. The maximum atomic E-state index is 7.81. The van der Waals surface area contributed by atoms with Crippen molar-refractivity contribution in [2.24, 2.45) is 53.3 Å². The molecule has 6 aliphatic heterocycles. The molecule has 8 aromatic carbocycles. The van der Waals surface area contributed by atoms with Gasteiger partial charge in [0, 0.05) is 34.4 Å². The Morgan fingerprint density at radius 1 is 0.303 bits per heavy atom. The predicted molar refractivity (Wildman–Crippen MR) is 357 cm³/mol. The van der Waals surface area contributed by atoms with Crippen molar-refractivity contribution in [2.75, 3.05) is 4.90 Å². The molecule has 0 saturated heterocycles. The number of fused-ring (bicyclic) bond motifs is 12. The Bertz CT molecular complexity index is 4450. The van der Waals surface area contributed by atoms with Crippen LogP contribution in [-0.4, -0.2) is 20.1 Å². The van der Waals surface area contributed by atoms with Crippen LogP contribution in [0.15, 0.2) is 127 Å². The van der Waals surface area contributed by atoms with Gasteiger partial charge in [0.1, 0.15) is 57.5 Å². The summed E-state index contributed by atoms with van der Waals surface area (Å²) in [5, 5.41) is 0. The summed E-state index contributed by atoms with van der Waals surface area (Å²) in [4.78, 5) is 2.67. The molecule has 0 aromatic heterocycles. The van der Waals surface area contributed by atoms with E-state index in [4.69, 9.17) is 23.7 Å². The summed E-state index contributed by atoms with van der Waals surface area (Å²) in [5.74, 6) is 16.9. The molecule has 18 aliphatic rings. The van der Waals surface area contributed by atoms with Crippen molar-refractivity contribution in [2.45, 2.75) is 146 Å². The predicted octanol–water partition coefficient (Wildman–Crippen LogP) is 13.6. The lowest BCUT2D eigenvalue weighted by Gasteiger charge is -2.57. The number of ether oxygens (including phenoxy) is 5. The summed E-state index contributed by atoms with van der Waals surface area (Å²) < 4.78 is 37.4. The zero-order valence-electron chi connectivity index (χ0n) is 51.3. The molecule has 6 heterocycles. The van der Waals surface area contributed by atoms with Crippen molar-refractivity contribution < 1.29 is 23.7 Å². The van der Waals surface area contributed by atoms with Crippen LogP contribution in [0, 0.1) is 67.1 Å². The molecule has 0 unspecified atom stereocenters. The van der Waals surface area contributed by atoms with Crippen molar-refractivity contribution in [3.8, 4) is 57.5 Å². The molecule has 0 spiro atoms. The van der Waals surface area contributed by atoms with Crippen LogP contribution in [0.3, 0.4) is 0 Å². The van der Waals surface area contributed by atoms with E-state index >= 15 is 0 Å². The zero-order chi connectivity index (χ0) is 57.7. The van der Waals surface area contributed by atoms with Gasteiger partial charge >= 0.3 is 0 Å². The van der Waals surface area contributed by atoms with Gasteiger partial charge in [-0.1, -0.05) is 66.7 Å². The van der Waals surface area contributed by atoms with Crippen LogP contribution in [0.25, 0.3) is 0 Å². The molecule has 26 rings (SSSR count). The van der Waals surface area contributed by atoms with E-state index in [-0.39, 0.29) is 36.4 Å². The molecule has 436 valence electrons. The highest BCUT2D eigenvalue weighted by molar-refractivity contribution is 7.02. The minimum absolute atomic E-state index is 0.0659. The van der Waals surface area contributed by atoms with E-state index < -0.39 is 0 Å². The Balaban J connectivity index is 0.750. The molecule has 12 fully saturated rings. The number of para-hydroxylation sites is 3. The van der Waals surface area contributed by atoms with E-state index in [0.717, 1.165) is 122 Å². The van der Waals surface area contributed by atoms with Gasteiger partial charge in [-0.25, -0.2) is 0 Å². The summed E-state index contributed by atoms with van der Waals surface area (Å²) in [5.41, 5.74) is 21.9. The van der Waals surface area contributed by atoms with E-state index in [2.05, 4.69) is 146 Å². The molecule has 0 N–H and O–H groups in total. The summed E-state index contributed by atoms with van der Waals surface area (Å²) >= 11 is 0. The lowest BCUT2D eigenvalue weighted by Crippen LogP contribution is -2.64. The van der Waals surface area contributed by atoms with Crippen molar-refractivity contribution >= 4 is 86.4 Å². The first-order valence-corrected chi connectivity index (χ1v) is 34.9. The Hall–Kier alpha value is -7.25. The first kappa shape index (κ1) is 49.5. The van der Waals surface area contributed by atoms with Gasteiger partial charge in [0.25, 0.3) is 20.1 Å². The number of nitrogens with zero attached hydrogens (tertiary/aromatic N) is 1. The van der Waals surface area contributed by atoms with Crippen LogP contribution in [-0.2, 0) is 16.2 Å². The number of hydrogen-bond donors (Lipinski definition) is 0. The molecule has 6 nitrogen and oxygen atoms in total. The van der Waals surface area contributed by atoms with Gasteiger partial charge in [-0.3, -0.25) is 0 Å². The third-order valence-electron chi connectivity index (χ3n) is 27.4. The second kappa shape index (κ2) is 16.8. The van der Waals surface area contributed by atoms with Crippen LogP contribution in [0.5, 0.6) is 57.5 Å².